The summed E-state index contributed by atoms with van der Waals surface area (Å²) >= 11 is 0. The summed E-state index contributed by atoms with van der Waals surface area (Å²) in [6.07, 6.45) is 3.60. The number of nitrogens with one attached hydrogen (secondary N) is 1. The maximum absolute atomic E-state index is 10.6. The molecule has 0 aliphatic carbocycles. The van der Waals surface area contributed by atoms with Crippen molar-refractivity contribution in [3.63, 3.8) is 0 Å². The van der Waals surface area contributed by atoms with E-state index in [1.165, 1.54) is 12.8 Å². The van der Waals surface area contributed by atoms with E-state index in [2.05, 4.69) is 33.0 Å². The van der Waals surface area contributed by atoms with Crippen molar-refractivity contribution in [2.24, 2.45) is 11.3 Å². The summed E-state index contributed by atoms with van der Waals surface area (Å²) in [7, 11) is 0. The first kappa shape index (κ1) is 13.0. The largest absolute Gasteiger partial charge is 0.388 e. The zero-order valence-corrected chi connectivity index (χ0v) is 10.9. The number of rotatable bonds is 2. The normalized spacial score (nSPS) is 32.4. The smallest absolute Gasteiger partial charge is 0.0820 e. The fraction of sp³-hybridized carbons (Fsp3) is 1.00. The highest BCUT2D eigenvalue weighted by atomic mass is 16.3. The van der Waals surface area contributed by atoms with Crippen LogP contribution in [0.15, 0.2) is 0 Å². The lowest BCUT2D eigenvalue weighted by Gasteiger charge is -2.46. The Labute approximate surface area is 94.5 Å². The second-order valence-electron chi connectivity index (χ2n) is 6.20. The molecule has 0 amide bonds. The van der Waals surface area contributed by atoms with Crippen LogP contribution in [0.3, 0.4) is 0 Å². The zero-order valence-electron chi connectivity index (χ0n) is 10.9. The molecule has 2 N–H and O–H groups in total. The van der Waals surface area contributed by atoms with Gasteiger partial charge in [0.1, 0.15) is 0 Å². The van der Waals surface area contributed by atoms with E-state index in [1.807, 2.05) is 6.92 Å². The van der Waals surface area contributed by atoms with Gasteiger partial charge in [-0.05, 0) is 37.6 Å². The molecule has 0 bridgehead atoms. The molecule has 3 atom stereocenters. The van der Waals surface area contributed by atoms with Crippen molar-refractivity contribution in [1.82, 2.24) is 5.32 Å². The van der Waals surface area contributed by atoms with Crippen LogP contribution in [0.5, 0.6) is 0 Å². The Morgan fingerprint density at radius 3 is 2.33 bits per heavy atom. The van der Waals surface area contributed by atoms with E-state index in [0.29, 0.717) is 0 Å². The van der Waals surface area contributed by atoms with Gasteiger partial charge in [-0.25, -0.2) is 0 Å². The minimum atomic E-state index is -0.624. The molecule has 2 nitrogen and oxygen atoms in total. The predicted molar refractivity (Wildman–Crippen MR) is 64.9 cm³/mol. The van der Waals surface area contributed by atoms with E-state index >= 15 is 0 Å². The zero-order chi connectivity index (χ0) is 11.7. The van der Waals surface area contributed by atoms with Crippen molar-refractivity contribution >= 4 is 0 Å². The lowest BCUT2D eigenvalue weighted by atomic mass is 9.69. The molecule has 1 aliphatic rings. The molecule has 1 heterocycles. The van der Waals surface area contributed by atoms with Gasteiger partial charge in [-0.1, -0.05) is 34.1 Å². The van der Waals surface area contributed by atoms with Gasteiger partial charge < -0.3 is 10.4 Å². The van der Waals surface area contributed by atoms with Crippen LogP contribution in [0.1, 0.15) is 53.9 Å². The quantitative estimate of drug-likeness (QED) is 0.739. The van der Waals surface area contributed by atoms with Crippen LogP contribution in [-0.2, 0) is 0 Å². The lowest BCUT2D eigenvalue weighted by molar-refractivity contribution is -0.0819. The van der Waals surface area contributed by atoms with Crippen molar-refractivity contribution in [2.75, 3.05) is 6.54 Å². The Kier molecular flexibility index (Phi) is 3.83. The summed E-state index contributed by atoms with van der Waals surface area (Å²) in [4.78, 5) is 0. The minimum Gasteiger partial charge on any atom is -0.388 e. The predicted octanol–water partition coefficient (Wildman–Crippen LogP) is 2.56. The van der Waals surface area contributed by atoms with Gasteiger partial charge in [-0.3, -0.25) is 0 Å². The molecule has 0 aromatic heterocycles. The maximum Gasteiger partial charge on any atom is 0.0820 e. The van der Waals surface area contributed by atoms with Gasteiger partial charge in [0.2, 0.25) is 0 Å². The van der Waals surface area contributed by atoms with Crippen LogP contribution < -0.4 is 5.32 Å². The topological polar surface area (TPSA) is 32.3 Å². The fourth-order valence-electron chi connectivity index (χ4n) is 2.32. The van der Waals surface area contributed by atoms with Gasteiger partial charge >= 0.3 is 0 Å². The summed E-state index contributed by atoms with van der Waals surface area (Å²) in [5, 5.41) is 14.1. The average Bonchev–Trinajstić information content (AvgIpc) is 2.16. The molecule has 3 unspecified atom stereocenters. The van der Waals surface area contributed by atoms with Gasteiger partial charge in [0, 0.05) is 6.04 Å². The van der Waals surface area contributed by atoms with Crippen molar-refractivity contribution in [2.45, 2.75) is 65.5 Å². The van der Waals surface area contributed by atoms with Crippen LogP contribution >= 0.6 is 0 Å². The molecule has 0 saturated carbocycles. The monoisotopic (exact) mass is 213 g/mol. The average molecular weight is 213 g/mol. The fourth-order valence-corrected chi connectivity index (χ4v) is 2.32. The summed E-state index contributed by atoms with van der Waals surface area (Å²) in [6.45, 7) is 11.6. The van der Waals surface area contributed by atoms with Crippen LogP contribution in [0.2, 0.25) is 0 Å². The summed E-state index contributed by atoms with van der Waals surface area (Å²) in [6, 6.07) is 0.246. The first-order valence-corrected chi connectivity index (χ1v) is 6.24. The number of hydrogen-bond acceptors (Lipinski definition) is 2. The summed E-state index contributed by atoms with van der Waals surface area (Å²) in [5.41, 5.74) is -0.693. The molecule has 0 spiro atoms. The Hall–Kier alpha value is -0.0800. The molecule has 90 valence electrons. The molecule has 15 heavy (non-hydrogen) atoms. The Balaban J connectivity index is 2.70. The van der Waals surface area contributed by atoms with E-state index < -0.39 is 5.60 Å². The third-order valence-corrected chi connectivity index (χ3v) is 4.29. The Morgan fingerprint density at radius 2 is 1.87 bits per heavy atom. The molecule has 0 aromatic carbocycles. The standard InChI is InChI=1S/C13H27NO/c1-6-10-7-8-14-11(9-10)13(5,15)12(2,3)4/h10-11,14-15H,6-9H2,1-5H3. The lowest BCUT2D eigenvalue weighted by Crippen LogP contribution is -2.58. The third-order valence-electron chi connectivity index (χ3n) is 4.29. The van der Waals surface area contributed by atoms with Crippen molar-refractivity contribution in [3.05, 3.63) is 0 Å². The molecule has 1 rings (SSSR count). The highest BCUT2D eigenvalue weighted by molar-refractivity contribution is 4.98. The van der Waals surface area contributed by atoms with Crippen LogP contribution in [0.25, 0.3) is 0 Å². The third kappa shape index (κ3) is 2.73. The summed E-state index contributed by atoms with van der Waals surface area (Å²) in [5.74, 6) is 0.782. The van der Waals surface area contributed by atoms with E-state index in [4.69, 9.17) is 0 Å². The van der Waals surface area contributed by atoms with Crippen LogP contribution in [0.4, 0.5) is 0 Å². The van der Waals surface area contributed by atoms with E-state index in [1.54, 1.807) is 0 Å². The Morgan fingerprint density at radius 1 is 1.27 bits per heavy atom. The maximum atomic E-state index is 10.6. The molecule has 1 fully saturated rings. The van der Waals surface area contributed by atoms with Gasteiger partial charge in [0.05, 0.1) is 5.60 Å². The van der Waals surface area contributed by atoms with Crippen molar-refractivity contribution < 1.29 is 5.11 Å². The molecular formula is C13H27NO. The van der Waals surface area contributed by atoms with Crippen LogP contribution in [-0.4, -0.2) is 23.3 Å². The van der Waals surface area contributed by atoms with E-state index in [0.717, 1.165) is 18.9 Å². The number of aliphatic hydroxyl groups is 1. The highest BCUT2D eigenvalue weighted by Crippen LogP contribution is 2.37. The second kappa shape index (κ2) is 4.42. The van der Waals surface area contributed by atoms with Crippen molar-refractivity contribution in [3.8, 4) is 0 Å². The highest BCUT2D eigenvalue weighted by Gasteiger charge is 2.43. The molecule has 2 heteroatoms. The number of hydrogen-bond donors (Lipinski definition) is 2. The Bertz CT molecular complexity index is 205. The molecule has 1 saturated heterocycles. The second-order valence-corrected chi connectivity index (χ2v) is 6.20. The van der Waals surface area contributed by atoms with Gasteiger partial charge in [0.25, 0.3) is 0 Å². The van der Waals surface area contributed by atoms with Crippen LogP contribution in [0, 0.1) is 11.3 Å². The summed E-state index contributed by atoms with van der Waals surface area (Å²) < 4.78 is 0. The first-order chi connectivity index (χ1) is 6.79. The molecular weight excluding hydrogens is 186 g/mol. The van der Waals surface area contributed by atoms with Gasteiger partial charge in [-0.15, -0.1) is 0 Å². The minimum absolute atomic E-state index is 0.0691. The molecule has 0 aromatic rings. The molecule has 1 aliphatic heterocycles. The van der Waals surface area contributed by atoms with E-state index in [-0.39, 0.29) is 11.5 Å². The van der Waals surface area contributed by atoms with E-state index in [9.17, 15) is 5.11 Å². The SMILES string of the molecule is CCC1CCNC(C(C)(O)C(C)(C)C)C1. The molecule has 0 radical (unpaired) electrons. The number of piperidine rings is 1. The van der Waals surface area contributed by atoms with Gasteiger partial charge in [0.15, 0.2) is 0 Å². The van der Waals surface area contributed by atoms with Crippen molar-refractivity contribution in [1.29, 1.82) is 0 Å². The first-order valence-electron chi connectivity index (χ1n) is 6.24. The van der Waals surface area contributed by atoms with Gasteiger partial charge in [-0.2, -0.15) is 0 Å².